The molecule has 1 unspecified atom stereocenters. The normalized spacial score (nSPS) is 16.1. The molecule has 3 aromatic rings. The topological polar surface area (TPSA) is 252 Å². The highest BCUT2D eigenvalue weighted by Gasteiger charge is 2.42. The molecule has 0 aliphatic carbocycles. The van der Waals surface area contributed by atoms with Crippen molar-refractivity contribution in [2.24, 2.45) is 5.73 Å². The van der Waals surface area contributed by atoms with Crippen LogP contribution in [0.1, 0.15) is 43.4 Å². The first-order chi connectivity index (χ1) is 25.5. The average Bonchev–Trinajstić information content (AvgIpc) is 3.12. The van der Waals surface area contributed by atoms with Gasteiger partial charge in [0.1, 0.15) is 23.2 Å². The monoisotopic (exact) mass is 772 g/mol. The molecule has 0 aromatic heterocycles. The number of aromatic hydroxyl groups is 2. The molecule has 5 rings (SSSR count). The summed E-state index contributed by atoms with van der Waals surface area (Å²) in [5.74, 6) is -12.8. The molecule has 284 valence electrons. The number of aromatic carboxylic acids is 1. The number of rotatable bonds is 11. The molecule has 1 fully saturated rings. The number of carboxylic acids is 1. The number of nitrogens with two attached hydrogens (primary N) is 1. The van der Waals surface area contributed by atoms with Gasteiger partial charge in [0.15, 0.2) is 17.3 Å². The van der Waals surface area contributed by atoms with E-state index in [1.807, 2.05) is 4.90 Å². The number of benzene rings is 3. The van der Waals surface area contributed by atoms with Crippen LogP contribution in [-0.4, -0.2) is 117 Å². The average molecular weight is 773 g/mol. The Hall–Kier alpha value is -5.99. The summed E-state index contributed by atoms with van der Waals surface area (Å²) < 4.78 is 34.1. The van der Waals surface area contributed by atoms with Crippen LogP contribution < -0.4 is 21.0 Å². The number of carboxylic acid groups (broad SMARTS) is 1. The molecule has 2 aliphatic heterocycles. The Morgan fingerprint density at radius 3 is 2.48 bits per heavy atom. The molecule has 2 atom stereocenters. The van der Waals surface area contributed by atoms with Gasteiger partial charge in [0.05, 0.1) is 11.0 Å². The largest absolute Gasteiger partial charge is 0.547 e. The molecule has 0 spiro atoms. The summed E-state index contributed by atoms with van der Waals surface area (Å²) in [5.41, 5.74) is 5.04. The van der Waals surface area contributed by atoms with E-state index < -0.39 is 99.8 Å². The third-order valence-corrected chi connectivity index (χ3v) is 9.15. The number of carbonyl (C=O) groups excluding carboxylic acids is 5. The molecule has 8 N–H and O–H groups in total. The Morgan fingerprint density at radius 2 is 1.80 bits per heavy atom. The first kappa shape index (κ1) is 39.2. The molecular formula is C33H32BClF2N6O11. The van der Waals surface area contributed by atoms with Gasteiger partial charge in [-0.2, -0.15) is 0 Å². The lowest BCUT2D eigenvalue weighted by molar-refractivity contribution is -0.153. The second-order valence-corrected chi connectivity index (χ2v) is 12.8. The zero-order chi connectivity index (χ0) is 39.6. The number of likely N-dealkylation sites (N-methyl/N-ethyl adjacent to an activating group) is 1. The van der Waals surface area contributed by atoms with E-state index in [9.17, 15) is 57.9 Å². The fraction of sp³-hybridized carbons (Fsp3) is 0.273. The Morgan fingerprint density at radius 1 is 1.07 bits per heavy atom. The second-order valence-electron chi connectivity index (χ2n) is 12.4. The number of piperazine rings is 1. The quantitative estimate of drug-likeness (QED) is 0.0801. The van der Waals surface area contributed by atoms with E-state index in [1.165, 1.54) is 4.90 Å². The lowest BCUT2D eigenvalue weighted by Crippen LogP contribution is -2.60. The van der Waals surface area contributed by atoms with Crippen LogP contribution in [0.15, 0.2) is 42.5 Å². The number of hydrogen-bond acceptors (Lipinski definition) is 11. The van der Waals surface area contributed by atoms with Gasteiger partial charge < -0.3 is 51.2 Å². The number of halogens is 3. The fourth-order valence-corrected chi connectivity index (χ4v) is 6.18. The lowest BCUT2D eigenvalue weighted by atomic mass is 9.72. The molecule has 54 heavy (non-hydrogen) atoms. The summed E-state index contributed by atoms with van der Waals surface area (Å²) >= 11 is 6.14. The minimum Gasteiger partial charge on any atom is -0.534 e. The van der Waals surface area contributed by atoms with Gasteiger partial charge in [-0.3, -0.25) is 24.1 Å². The molecule has 0 saturated carbocycles. The van der Waals surface area contributed by atoms with Crippen molar-refractivity contribution < 1.29 is 62.5 Å². The summed E-state index contributed by atoms with van der Waals surface area (Å²) in [6.45, 7) is 0.292. The molecule has 0 radical (unpaired) electrons. The Kier molecular flexibility index (Phi) is 11.6. The molecule has 2 heterocycles. The number of primary amides is 1. The van der Waals surface area contributed by atoms with Crippen molar-refractivity contribution in [3.63, 3.8) is 0 Å². The minimum atomic E-state index is -2.05. The number of carbonyl (C=O) groups is 6. The van der Waals surface area contributed by atoms with E-state index >= 15 is 0 Å². The number of amides is 6. The number of imide groups is 1. The van der Waals surface area contributed by atoms with Gasteiger partial charge in [0, 0.05) is 43.9 Å². The van der Waals surface area contributed by atoms with Crippen molar-refractivity contribution in [3.8, 4) is 17.2 Å². The maximum absolute atomic E-state index is 14.6. The Labute approximate surface area is 310 Å². The predicted molar refractivity (Wildman–Crippen MR) is 183 cm³/mol. The van der Waals surface area contributed by atoms with Gasteiger partial charge in [-0.25, -0.2) is 18.4 Å². The van der Waals surface area contributed by atoms with Crippen LogP contribution in [0.3, 0.4) is 0 Å². The smallest absolute Gasteiger partial charge is 0.534 e. The summed E-state index contributed by atoms with van der Waals surface area (Å²) in [6.07, 6.45) is -0.323. The predicted octanol–water partition coefficient (Wildman–Crippen LogP) is 0.520. The van der Waals surface area contributed by atoms with Crippen molar-refractivity contribution in [2.45, 2.75) is 24.9 Å². The van der Waals surface area contributed by atoms with E-state index in [0.717, 1.165) is 17.7 Å². The van der Waals surface area contributed by atoms with Crippen LogP contribution >= 0.6 is 11.6 Å². The summed E-state index contributed by atoms with van der Waals surface area (Å²) in [7, 11) is -0.220. The molecule has 21 heteroatoms. The molecule has 3 aromatic carbocycles. The summed E-state index contributed by atoms with van der Waals surface area (Å²) in [5, 5.41) is 43.8. The van der Waals surface area contributed by atoms with Crippen LogP contribution in [0.5, 0.6) is 17.2 Å². The number of phenolic OH excluding ortho intramolecular Hbond substituents is 2. The van der Waals surface area contributed by atoms with Crippen molar-refractivity contribution in [2.75, 3.05) is 33.2 Å². The van der Waals surface area contributed by atoms with Gasteiger partial charge in [-0.05, 0) is 48.9 Å². The van der Waals surface area contributed by atoms with E-state index in [1.54, 1.807) is 31.3 Å². The minimum absolute atomic E-state index is 0.0711. The van der Waals surface area contributed by atoms with Crippen molar-refractivity contribution in [1.29, 1.82) is 0 Å². The summed E-state index contributed by atoms with van der Waals surface area (Å²) in [4.78, 5) is 80.0. The van der Waals surface area contributed by atoms with E-state index in [-0.39, 0.29) is 38.2 Å². The van der Waals surface area contributed by atoms with Crippen molar-refractivity contribution in [3.05, 3.63) is 86.9 Å². The van der Waals surface area contributed by atoms with Crippen LogP contribution in [0.25, 0.3) is 0 Å². The van der Waals surface area contributed by atoms with Gasteiger partial charge in [-0.1, -0.05) is 29.8 Å². The molecule has 2 aliphatic rings. The lowest BCUT2D eigenvalue weighted by Gasteiger charge is -2.34. The third kappa shape index (κ3) is 8.14. The number of hydrogen-bond donors (Lipinski definition) is 7. The van der Waals surface area contributed by atoms with Gasteiger partial charge in [0.25, 0.3) is 0 Å². The first-order valence-electron chi connectivity index (χ1n) is 16.1. The highest BCUT2D eigenvalue weighted by molar-refractivity contribution is 6.47. The zero-order valence-corrected chi connectivity index (χ0v) is 29.0. The highest BCUT2D eigenvalue weighted by Crippen LogP contribution is 2.40. The molecule has 1 saturated heterocycles. The van der Waals surface area contributed by atoms with Crippen molar-refractivity contribution in [1.82, 2.24) is 25.3 Å². The molecular weight excluding hydrogens is 741 g/mol. The van der Waals surface area contributed by atoms with Gasteiger partial charge in [0.2, 0.25) is 11.8 Å². The van der Waals surface area contributed by atoms with E-state index in [2.05, 4.69) is 10.6 Å². The van der Waals surface area contributed by atoms with Crippen LogP contribution in [0.2, 0.25) is 5.02 Å². The van der Waals surface area contributed by atoms with Gasteiger partial charge >= 0.3 is 30.9 Å². The van der Waals surface area contributed by atoms with Crippen LogP contribution in [0, 0.1) is 11.6 Å². The third-order valence-electron chi connectivity index (χ3n) is 8.76. The van der Waals surface area contributed by atoms with E-state index in [4.69, 9.17) is 22.0 Å². The van der Waals surface area contributed by atoms with Gasteiger partial charge in [-0.15, -0.1) is 0 Å². The highest BCUT2D eigenvalue weighted by atomic mass is 35.5. The summed E-state index contributed by atoms with van der Waals surface area (Å²) in [6, 6.07) is 5.83. The number of nitrogens with one attached hydrogen (secondary N) is 2. The standard InChI is InChI=1S/C33H32BClF2N6O11/c1-41(14-15-3-2-4-17(11-15)28(38)46)7-8-42-9-10-43(31(49)30(42)48)33(52)40-24(18-13-20(37)25(44)26(45)23(18)35)29(47)39-21-12-16-5-6-19(36)22(32(50)51)27(16)54-34(21)53/h2-6,11,13,21,24,44-45,53H,7-10,12,14H2,1H3,(H2,38,46)(H,39,47)(H,40,52)(H,50,51)/t21-,24?/m0/s1. The SMILES string of the molecule is CN(CCN1CCN(C(=O)NC(C(=O)N[C@H]2Cc3ccc(F)c(C(=O)O)c3OB2O)c2cc(F)c(O)c(O)c2Cl)C(=O)C1=O)Cc1cccc(C(N)=O)c1. The van der Waals surface area contributed by atoms with Crippen LogP contribution in [-0.2, 0) is 27.3 Å². The zero-order valence-electron chi connectivity index (χ0n) is 28.2. The molecule has 17 nitrogen and oxygen atoms in total. The Bertz CT molecular complexity index is 2060. The number of urea groups is 1. The maximum Gasteiger partial charge on any atom is 0.547 e. The molecule has 6 amide bonds. The first-order valence-corrected chi connectivity index (χ1v) is 16.4. The molecule has 0 bridgehead atoms. The van der Waals surface area contributed by atoms with E-state index in [0.29, 0.717) is 23.1 Å². The van der Waals surface area contributed by atoms with Crippen molar-refractivity contribution >= 4 is 54.3 Å². The second kappa shape index (κ2) is 15.9. The number of phenols is 2. The fourth-order valence-electron chi connectivity index (χ4n) is 5.93. The number of nitrogens with zero attached hydrogens (tertiary/aromatic N) is 3. The Balaban J connectivity index is 1.30. The van der Waals surface area contributed by atoms with Crippen LogP contribution in [0.4, 0.5) is 13.6 Å². The number of fused-ring (bicyclic) bond motifs is 1. The maximum atomic E-state index is 14.6.